The minimum atomic E-state index is -0.0774. The molecule has 5 nitrogen and oxygen atoms in total. The molecule has 0 aliphatic carbocycles. The highest BCUT2D eigenvalue weighted by Crippen LogP contribution is 2.21. The second-order valence-corrected chi connectivity index (χ2v) is 7.10. The van der Waals surface area contributed by atoms with Crippen molar-refractivity contribution >= 4 is 30.7 Å². The van der Waals surface area contributed by atoms with Crippen molar-refractivity contribution in [2.24, 2.45) is 11.1 Å². The van der Waals surface area contributed by atoms with Crippen molar-refractivity contribution in [2.75, 3.05) is 20.1 Å². The van der Waals surface area contributed by atoms with Gasteiger partial charge >= 0.3 is 0 Å². The predicted molar refractivity (Wildman–Crippen MR) is 110 cm³/mol. The molecule has 0 bridgehead atoms. The lowest BCUT2D eigenvalue weighted by Gasteiger charge is -2.29. The maximum absolute atomic E-state index is 12.2. The van der Waals surface area contributed by atoms with Crippen LogP contribution in [0.25, 0.3) is 11.3 Å². The van der Waals surface area contributed by atoms with Gasteiger partial charge in [-0.2, -0.15) is 0 Å². The van der Waals surface area contributed by atoms with Gasteiger partial charge in [-0.1, -0.05) is 43.7 Å². The molecule has 7 heteroatoms. The average molecular weight is 402 g/mol. The van der Waals surface area contributed by atoms with Crippen molar-refractivity contribution in [2.45, 2.75) is 33.6 Å². The number of aromatic nitrogens is 1. The number of rotatable bonds is 7. The fourth-order valence-electron chi connectivity index (χ4n) is 2.48. The Morgan fingerprint density at radius 2 is 1.85 bits per heavy atom. The minimum Gasteiger partial charge on any atom is -0.441 e. The number of halogens is 2. The zero-order valence-corrected chi connectivity index (χ0v) is 17.5. The highest BCUT2D eigenvalue weighted by molar-refractivity contribution is 5.85. The molecule has 0 saturated carbocycles. The fraction of sp³-hybridized carbons (Fsp3) is 0.474. The molecule has 0 saturated heterocycles. The van der Waals surface area contributed by atoms with E-state index in [-0.39, 0.29) is 36.1 Å². The molecule has 2 aromatic rings. The van der Waals surface area contributed by atoms with Crippen LogP contribution in [-0.4, -0.2) is 35.9 Å². The predicted octanol–water partition coefficient (Wildman–Crippen LogP) is 3.87. The summed E-state index contributed by atoms with van der Waals surface area (Å²) in [5, 5.41) is 0. The van der Waals surface area contributed by atoms with Crippen LogP contribution in [0.2, 0.25) is 0 Å². The van der Waals surface area contributed by atoms with E-state index >= 15 is 0 Å². The molecule has 146 valence electrons. The molecule has 0 fully saturated rings. The summed E-state index contributed by atoms with van der Waals surface area (Å²) in [6.45, 7) is 7.34. The summed E-state index contributed by atoms with van der Waals surface area (Å²) in [6, 6.07) is 8.09. The van der Waals surface area contributed by atoms with Crippen molar-refractivity contribution in [1.82, 2.24) is 9.88 Å². The van der Waals surface area contributed by atoms with Crippen LogP contribution in [0.3, 0.4) is 0 Å². The van der Waals surface area contributed by atoms with E-state index in [1.165, 1.54) is 5.56 Å². The van der Waals surface area contributed by atoms with Gasteiger partial charge in [0.1, 0.15) is 0 Å². The average Bonchev–Trinajstić information content (AvgIpc) is 3.01. The molecule has 26 heavy (non-hydrogen) atoms. The molecule has 1 heterocycles. The smallest absolute Gasteiger partial charge is 0.222 e. The molecule has 0 spiro atoms. The highest BCUT2D eigenvalue weighted by Gasteiger charge is 2.21. The Hall–Kier alpha value is -1.56. The van der Waals surface area contributed by atoms with Crippen LogP contribution < -0.4 is 5.73 Å². The van der Waals surface area contributed by atoms with E-state index in [0.717, 1.165) is 11.3 Å². The van der Waals surface area contributed by atoms with Crippen LogP contribution in [0.1, 0.15) is 31.7 Å². The quantitative estimate of drug-likeness (QED) is 0.763. The number of aryl methyl sites for hydroxylation is 2. The number of oxazole rings is 1. The van der Waals surface area contributed by atoms with Gasteiger partial charge in [0.2, 0.25) is 5.91 Å². The zero-order valence-electron chi connectivity index (χ0n) is 15.8. The van der Waals surface area contributed by atoms with Gasteiger partial charge < -0.3 is 15.1 Å². The number of hydrogen-bond donors (Lipinski definition) is 1. The summed E-state index contributed by atoms with van der Waals surface area (Å²) >= 11 is 0. The van der Waals surface area contributed by atoms with E-state index in [9.17, 15) is 4.79 Å². The Morgan fingerprint density at radius 3 is 2.42 bits per heavy atom. The summed E-state index contributed by atoms with van der Waals surface area (Å²) in [4.78, 5) is 18.3. The minimum absolute atomic E-state index is 0. The van der Waals surface area contributed by atoms with Crippen molar-refractivity contribution < 1.29 is 9.21 Å². The molecule has 0 unspecified atom stereocenters. The highest BCUT2D eigenvalue weighted by atomic mass is 35.5. The van der Waals surface area contributed by atoms with E-state index in [0.29, 0.717) is 31.8 Å². The maximum atomic E-state index is 12.2. The lowest BCUT2D eigenvalue weighted by molar-refractivity contribution is -0.131. The van der Waals surface area contributed by atoms with E-state index in [1.807, 2.05) is 38.2 Å². The SMILES string of the molecule is Cc1ccc(-c2cnc(CCC(=O)N(C)CC(C)(C)CN)o2)cc1.Cl.Cl. The largest absolute Gasteiger partial charge is 0.441 e. The molecule has 0 aliphatic heterocycles. The lowest BCUT2D eigenvalue weighted by atomic mass is 9.93. The number of nitrogens with zero attached hydrogens (tertiary/aromatic N) is 2. The number of hydrogen-bond acceptors (Lipinski definition) is 4. The van der Waals surface area contributed by atoms with E-state index in [2.05, 4.69) is 18.8 Å². The van der Waals surface area contributed by atoms with Crippen LogP contribution in [0, 0.1) is 12.3 Å². The molecular weight excluding hydrogens is 373 g/mol. The molecule has 2 rings (SSSR count). The van der Waals surface area contributed by atoms with Gasteiger partial charge in [-0.15, -0.1) is 24.8 Å². The van der Waals surface area contributed by atoms with Crippen molar-refractivity contribution in [1.29, 1.82) is 0 Å². The van der Waals surface area contributed by atoms with Gasteiger partial charge in [0.15, 0.2) is 11.7 Å². The molecule has 0 atom stereocenters. The number of nitrogens with two attached hydrogens (primary N) is 1. The van der Waals surface area contributed by atoms with Crippen LogP contribution >= 0.6 is 24.8 Å². The third-order valence-corrected chi connectivity index (χ3v) is 4.09. The van der Waals surface area contributed by atoms with Gasteiger partial charge in [-0.05, 0) is 18.9 Å². The van der Waals surface area contributed by atoms with Crippen LogP contribution in [0.15, 0.2) is 34.9 Å². The summed E-state index contributed by atoms with van der Waals surface area (Å²) in [6.07, 6.45) is 2.59. The Bertz CT molecular complexity index is 684. The molecule has 2 N–H and O–H groups in total. The van der Waals surface area contributed by atoms with Crippen molar-refractivity contribution in [3.8, 4) is 11.3 Å². The van der Waals surface area contributed by atoms with Crippen LogP contribution in [0.5, 0.6) is 0 Å². The first-order valence-electron chi connectivity index (χ1n) is 8.26. The van der Waals surface area contributed by atoms with E-state index in [4.69, 9.17) is 10.2 Å². The molecule has 0 radical (unpaired) electrons. The monoisotopic (exact) mass is 401 g/mol. The molecule has 1 aromatic carbocycles. The second kappa shape index (κ2) is 10.6. The first-order chi connectivity index (χ1) is 11.3. The summed E-state index contributed by atoms with van der Waals surface area (Å²) < 4.78 is 5.76. The first-order valence-corrected chi connectivity index (χ1v) is 8.26. The Morgan fingerprint density at radius 1 is 1.23 bits per heavy atom. The molecular formula is C19H29Cl2N3O2. The summed E-state index contributed by atoms with van der Waals surface area (Å²) in [7, 11) is 1.81. The number of amides is 1. The van der Waals surface area contributed by atoms with Gasteiger partial charge in [-0.25, -0.2) is 4.98 Å². The van der Waals surface area contributed by atoms with Crippen molar-refractivity contribution in [3.05, 3.63) is 41.9 Å². The third kappa shape index (κ3) is 6.98. The topological polar surface area (TPSA) is 72.4 Å². The molecule has 1 aromatic heterocycles. The normalized spacial score (nSPS) is 10.7. The van der Waals surface area contributed by atoms with Gasteiger partial charge in [0.05, 0.1) is 6.20 Å². The lowest BCUT2D eigenvalue weighted by Crippen LogP contribution is -2.39. The summed E-state index contributed by atoms with van der Waals surface area (Å²) in [5.41, 5.74) is 7.84. The molecule has 0 aliphatic rings. The number of carbonyl (C=O) groups excluding carboxylic acids is 1. The standard InChI is InChI=1S/C19H27N3O2.2ClH/c1-14-5-7-15(8-6-14)16-11-21-17(24-16)9-10-18(23)22(4)13-19(2,3)12-20;;/h5-8,11H,9-10,12-13,20H2,1-4H3;2*1H. The molecule has 1 amide bonds. The Balaban J connectivity index is 0.00000312. The van der Waals surface area contributed by atoms with Crippen LogP contribution in [0.4, 0.5) is 0 Å². The van der Waals surface area contributed by atoms with Gasteiger partial charge in [0.25, 0.3) is 0 Å². The van der Waals surface area contributed by atoms with Crippen LogP contribution in [-0.2, 0) is 11.2 Å². The van der Waals surface area contributed by atoms with Gasteiger partial charge in [-0.3, -0.25) is 4.79 Å². The second-order valence-electron chi connectivity index (χ2n) is 7.10. The maximum Gasteiger partial charge on any atom is 0.222 e. The van der Waals surface area contributed by atoms with Gasteiger partial charge in [0, 0.05) is 32.0 Å². The van der Waals surface area contributed by atoms with Crippen molar-refractivity contribution in [3.63, 3.8) is 0 Å². The number of benzene rings is 1. The first kappa shape index (κ1) is 24.4. The third-order valence-electron chi connectivity index (χ3n) is 4.09. The van der Waals surface area contributed by atoms with E-state index < -0.39 is 0 Å². The Kier molecular flexibility index (Phi) is 9.92. The fourth-order valence-corrected chi connectivity index (χ4v) is 2.48. The van der Waals surface area contributed by atoms with E-state index in [1.54, 1.807) is 11.1 Å². The zero-order chi connectivity index (χ0) is 17.7. The number of carbonyl (C=O) groups is 1. The Labute approximate surface area is 168 Å². The summed E-state index contributed by atoms with van der Waals surface area (Å²) in [5.74, 6) is 1.40.